The van der Waals surface area contributed by atoms with Crippen LogP contribution in [0.1, 0.15) is 41.5 Å². The average molecular weight is 675 g/mol. The van der Waals surface area contributed by atoms with Crippen molar-refractivity contribution < 1.29 is 40.8 Å². The van der Waals surface area contributed by atoms with Crippen molar-refractivity contribution in [1.29, 1.82) is 0 Å². The van der Waals surface area contributed by atoms with Crippen LogP contribution >= 0.6 is 0 Å². The molecule has 0 bridgehead atoms. The van der Waals surface area contributed by atoms with Gasteiger partial charge in [0.15, 0.2) is 0 Å². The van der Waals surface area contributed by atoms with Gasteiger partial charge in [-0.25, -0.2) is 4.79 Å². The van der Waals surface area contributed by atoms with Crippen LogP contribution in [-0.2, 0) is 37.7 Å². The van der Waals surface area contributed by atoms with E-state index in [-0.39, 0.29) is 6.61 Å². The summed E-state index contributed by atoms with van der Waals surface area (Å²) < 4.78 is 53.5. The molecular weight excluding hydrogens is 633 g/mol. The first-order valence-electron chi connectivity index (χ1n) is 14.8. The summed E-state index contributed by atoms with van der Waals surface area (Å²) in [5.74, 6) is -0.817. The number of nitrogens with zero attached hydrogens (tertiary/aromatic N) is 3. The number of carbonyl (C=O) groups excluding carboxylic acids is 2. The van der Waals surface area contributed by atoms with Crippen molar-refractivity contribution in [3.63, 3.8) is 0 Å². The summed E-state index contributed by atoms with van der Waals surface area (Å²) in [7, 11) is -6.09. The van der Waals surface area contributed by atoms with E-state index in [0.717, 1.165) is 16.6 Å². The standard InChI is InChI=1S/C31H42N4O9SSi/c1-28(2,3)44-27(37)33-24-23(34-35-32)30(26(36)40-7,25-31(24,43-25)20-41-45(8,38)39)19-42-46(29(4,5)6,21-15-11-9-12-16-21)22-17-13-10-14-18-22/h9-18,23-25H,19-20H2,1-8H3,(H,33,37)/t23-,24+,25+,30-,31-/m0/s1. The third-order valence-corrected chi connectivity index (χ3v) is 13.9. The van der Waals surface area contributed by atoms with Crippen LogP contribution in [0.25, 0.3) is 10.4 Å². The van der Waals surface area contributed by atoms with Crippen molar-refractivity contribution >= 4 is 40.9 Å². The Kier molecular flexibility index (Phi) is 9.71. The fraction of sp³-hybridized carbons (Fsp3) is 0.548. The predicted molar refractivity (Wildman–Crippen MR) is 173 cm³/mol. The predicted octanol–water partition coefficient (Wildman–Crippen LogP) is 3.42. The van der Waals surface area contributed by atoms with E-state index in [2.05, 4.69) is 36.1 Å². The molecule has 46 heavy (non-hydrogen) atoms. The Hall–Kier alpha value is -3.46. The molecule has 250 valence electrons. The maximum atomic E-state index is 14.0. The Bertz CT molecular complexity index is 1550. The Balaban J connectivity index is 1.91. The number of amides is 1. The van der Waals surface area contributed by atoms with Gasteiger partial charge in [0.1, 0.15) is 22.7 Å². The normalized spacial score (nSPS) is 26.0. The lowest BCUT2D eigenvalue weighted by Gasteiger charge is -2.45. The molecule has 1 heterocycles. The molecule has 1 N–H and O–H groups in total. The second-order valence-electron chi connectivity index (χ2n) is 13.7. The van der Waals surface area contributed by atoms with Crippen LogP contribution in [0.4, 0.5) is 4.79 Å². The molecule has 4 rings (SSSR count). The highest BCUT2D eigenvalue weighted by atomic mass is 32.2. The zero-order valence-electron chi connectivity index (χ0n) is 27.3. The van der Waals surface area contributed by atoms with E-state index in [0.29, 0.717) is 0 Å². The lowest BCUT2D eigenvalue weighted by molar-refractivity contribution is -0.158. The number of ether oxygens (including phenoxy) is 3. The van der Waals surface area contributed by atoms with Crippen molar-refractivity contribution in [3.05, 3.63) is 71.1 Å². The summed E-state index contributed by atoms with van der Waals surface area (Å²) in [6, 6.07) is 16.8. The average Bonchev–Trinajstić information content (AvgIpc) is 3.66. The molecule has 2 aliphatic rings. The maximum absolute atomic E-state index is 14.0. The van der Waals surface area contributed by atoms with E-state index in [1.165, 1.54) is 7.11 Å². The molecule has 0 aromatic heterocycles. The van der Waals surface area contributed by atoms with Gasteiger partial charge in [-0.3, -0.25) is 8.98 Å². The molecule has 0 radical (unpaired) electrons. The fourth-order valence-electron chi connectivity index (χ4n) is 6.57. The first kappa shape index (κ1) is 35.4. The van der Waals surface area contributed by atoms with Gasteiger partial charge in [0, 0.05) is 4.91 Å². The number of benzene rings is 2. The number of esters is 1. The molecule has 2 aromatic rings. The van der Waals surface area contributed by atoms with E-state index in [1.54, 1.807) is 20.8 Å². The van der Waals surface area contributed by atoms with E-state index in [1.807, 2.05) is 60.7 Å². The zero-order valence-corrected chi connectivity index (χ0v) is 29.2. The van der Waals surface area contributed by atoms with Crippen LogP contribution in [-0.4, -0.2) is 84.8 Å². The summed E-state index contributed by atoms with van der Waals surface area (Å²) in [5.41, 5.74) is 5.45. The summed E-state index contributed by atoms with van der Waals surface area (Å²) in [6.07, 6.45) is -1.14. The van der Waals surface area contributed by atoms with Crippen LogP contribution in [0.15, 0.2) is 65.8 Å². The Morgan fingerprint density at radius 2 is 1.54 bits per heavy atom. The molecule has 1 aliphatic carbocycles. The molecule has 1 saturated heterocycles. The van der Waals surface area contributed by atoms with E-state index >= 15 is 0 Å². The van der Waals surface area contributed by atoms with Crippen molar-refractivity contribution in [2.45, 2.75) is 76.0 Å². The molecule has 0 unspecified atom stereocenters. The monoisotopic (exact) mass is 674 g/mol. The zero-order chi connectivity index (χ0) is 34.2. The quantitative estimate of drug-likeness (QED) is 0.0711. The smallest absolute Gasteiger partial charge is 0.407 e. The second-order valence-corrected chi connectivity index (χ2v) is 19.6. The van der Waals surface area contributed by atoms with Gasteiger partial charge in [-0.1, -0.05) is 86.5 Å². The lowest BCUT2D eigenvalue weighted by atomic mass is 9.81. The van der Waals surface area contributed by atoms with Gasteiger partial charge in [-0.15, -0.1) is 0 Å². The maximum Gasteiger partial charge on any atom is 0.407 e. The number of rotatable bonds is 11. The Morgan fingerprint density at radius 3 is 1.98 bits per heavy atom. The summed E-state index contributed by atoms with van der Waals surface area (Å²) in [5, 5.41) is 8.07. The molecule has 1 amide bonds. The molecule has 1 saturated carbocycles. The van der Waals surface area contributed by atoms with Crippen molar-refractivity contribution in [3.8, 4) is 0 Å². The first-order chi connectivity index (χ1) is 21.4. The molecule has 0 spiro atoms. The Labute approximate surface area is 270 Å². The van der Waals surface area contributed by atoms with Crippen LogP contribution < -0.4 is 15.7 Å². The Morgan fingerprint density at radius 1 is 1.00 bits per heavy atom. The summed E-state index contributed by atoms with van der Waals surface area (Å²) >= 11 is 0. The minimum absolute atomic E-state index is 0.353. The summed E-state index contributed by atoms with van der Waals surface area (Å²) in [6.45, 7) is 10.3. The molecule has 5 atom stereocenters. The van der Waals surface area contributed by atoms with Gasteiger partial charge in [0.2, 0.25) is 0 Å². The van der Waals surface area contributed by atoms with Crippen LogP contribution in [0, 0.1) is 5.41 Å². The first-order valence-corrected chi connectivity index (χ1v) is 18.5. The topological polar surface area (TPSA) is 179 Å². The van der Waals surface area contributed by atoms with E-state index < -0.39 is 76.9 Å². The van der Waals surface area contributed by atoms with E-state index in [9.17, 15) is 23.5 Å². The largest absolute Gasteiger partial charge is 0.468 e. The number of methoxy groups -OCH3 is 1. The second kappa shape index (κ2) is 12.6. The molecule has 1 aliphatic heterocycles. The van der Waals surface area contributed by atoms with Gasteiger partial charge in [0.25, 0.3) is 18.4 Å². The fourth-order valence-corrected chi connectivity index (χ4v) is 11.6. The highest BCUT2D eigenvalue weighted by molar-refractivity contribution is 7.86. The van der Waals surface area contributed by atoms with Crippen LogP contribution in [0.2, 0.25) is 5.04 Å². The molecule has 13 nitrogen and oxygen atoms in total. The van der Waals surface area contributed by atoms with Gasteiger partial charge in [-0.2, -0.15) is 8.42 Å². The minimum Gasteiger partial charge on any atom is -0.468 e. The van der Waals surface area contributed by atoms with Crippen LogP contribution in [0.5, 0.6) is 0 Å². The molecule has 15 heteroatoms. The highest BCUT2D eigenvalue weighted by Gasteiger charge is 2.83. The van der Waals surface area contributed by atoms with Gasteiger partial charge in [0.05, 0.1) is 38.7 Å². The molecule has 2 aromatic carbocycles. The van der Waals surface area contributed by atoms with E-state index in [4.69, 9.17) is 22.8 Å². The van der Waals surface area contributed by atoms with Crippen molar-refractivity contribution in [1.82, 2.24) is 5.32 Å². The number of nitrogens with one attached hydrogen (secondary N) is 1. The number of carbonyl (C=O) groups is 2. The SMILES string of the molecule is COC(=O)[C@@]1(CO[Si](c2ccccc2)(c2ccccc2)C(C)(C)C)[C@@H](N=[N+]=[N-])[C@@H](NC(=O)OC(C)(C)C)[C@]2(COS(C)(=O)=O)O[C@@H]21. The van der Waals surface area contributed by atoms with Crippen molar-refractivity contribution in [2.24, 2.45) is 10.5 Å². The third-order valence-electron chi connectivity index (χ3n) is 8.42. The summed E-state index contributed by atoms with van der Waals surface area (Å²) in [4.78, 5) is 30.2. The molecule has 2 fully saturated rings. The number of epoxide rings is 1. The number of azide groups is 1. The third kappa shape index (κ3) is 6.53. The minimum atomic E-state index is -3.99. The van der Waals surface area contributed by atoms with Gasteiger partial charge in [-0.05, 0) is 41.7 Å². The molecular formula is C31H42N4O9SSi. The highest BCUT2D eigenvalue weighted by Crippen LogP contribution is 2.62. The number of fused-ring (bicyclic) bond motifs is 1. The van der Waals surface area contributed by atoms with Gasteiger partial charge < -0.3 is 24.0 Å². The van der Waals surface area contributed by atoms with Gasteiger partial charge >= 0.3 is 12.1 Å². The van der Waals surface area contributed by atoms with Crippen molar-refractivity contribution in [2.75, 3.05) is 26.6 Å². The number of hydrogen-bond donors (Lipinski definition) is 1. The number of alkyl carbamates (subject to hydrolysis) is 1. The van der Waals surface area contributed by atoms with Crippen LogP contribution in [0.3, 0.4) is 0 Å². The number of hydrogen-bond acceptors (Lipinski definition) is 10. The lowest BCUT2D eigenvalue weighted by Crippen LogP contribution is -2.68.